The first kappa shape index (κ1) is 27.7. The second-order valence-corrected chi connectivity index (χ2v) is 11.1. The molecule has 1 aliphatic carbocycles. The van der Waals surface area contributed by atoms with Gasteiger partial charge in [-0.3, -0.25) is 4.79 Å². The summed E-state index contributed by atoms with van der Waals surface area (Å²) in [5.74, 6) is 0.595. The fraction of sp³-hybridized carbons (Fsp3) is 0.424. The summed E-state index contributed by atoms with van der Waals surface area (Å²) in [7, 11) is 1.60. The van der Waals surface area contributed by atoms with Gasteiger partial charge in [-0.25, -0.2) is 4.39 Å². The molecule has 2 atom stereocenters. The first-order valence-electron chi connectivity index (χ1n) is 13.6. The van der Waals surface area contributed by atoms with E-state index >= 15 is 4.39 Å². The molecule has 38 heavy (non-hydrogen) atoms. The van der Waals surface area contributed by atoms with Crippen LogP contribution in [-0.2, 0) is 11.4 Å². The maximum atomic E-state index is 15.0. The number of carbonyl (C=O) groups is 1. The molecule has 1 aliphatic rings. The van der Waals surface area contributed by atoms with E-state index in [4.69, 9.17) is 9.47 Å². The number of aliphatic carboxylic acids is 1. The lowest BCUT2D eigenvalue weighted by atomic mass is 9.75. The number of halogens is 1. The molecule has 0 aromatic heterocycles. The monoisotopic (exact) mass is 518 g/mol. The lowest BCUT2D eigenvalue weighted by molar-refractivity contribution is -0.137. The summed E-state index contributed by atoms with van der Waals surface area (Å²) in [6, 6.07) is 18.9. The van der Waals surface area contributed by atoms with Crippen molar-refractivity contribution in [3.05, 3.63) is 83.2 Å². The average Bonchev–Trinajstić information content (AvgIpc) is 3.26. The number of benzene rings is 3. The van der Waals surface area contributed by atoms with E-state index in [1.165, 1.54) is 6.07 Å². The van der Waals surface area contributed by atoms with Gasteiger partial charge in [0.25, 0.3) is 0 Å². The van der Waals surface area contributed by atoms with Crippen molar-refractivity contribution in [2.75, 3.05) is 7.11 Å². The molecule has 0 saturated heterocycles. The molecule has 5 heteroatoms. The van der Waals surface area contributed by atoms with Gasteiger partial charge in [0, 0.05) is 5.56 Å². The molecule has 0 radical (unpaired) electrons. The first-order valence-corrected chi connectivity index (χ1v) is 13.6. The molecular weight excluding hydrogens is 479 g/mol. The molecule has 202 valence electrons. The zero-order valence-electron chi connectivity index (χ0n) is 22.9. The summed E-state index contributed by atoms with van der Waals surface area (Å²) in [5, 5.41) is 9.34. The Balaban J connectivity index is 1.63. The Bertz CT molecular complexity index is 1270. The Kier molecular flexibility index (Phi) is 8.76. The highest BCUT2D eigenvalue weighted by Crippen LogP contribution is 2.51. The van der Waals surface area contributed by atoms with Crippen molar-refractivity contribution in [1.82, 2.24) is 0 Å². The predicted molar refractivity (Wildman–Crippen MR) is 149 cm³/mol. The van der Waals surface area contributed by atoms with Crippen LogP contribution in [0.5, 0.6) is 11.5 Å². The third kappa shape index (κ3) is 6.38. The summed E-state index contributed by atoms with van der Waals surface area (Å²) in [6.45, 7) is 7.05. The Morgan fingerprint density at radius 2 is 1.89 bits per heavy atom. The normalized spacial score (nSPS) is 17.2. The minimum atomic E-state index is -0.787. The Hall–Kier alpha value is -3.34. The highest BCUT2D eigenvalue weighted by molar-refractivity contribution is 5.71. The maximum Gasteiger partial charge on any atom is 0.303 e. The van der Waals surface area contributed by atoms with Crippen LogP contribution < -0.4 is 9.47 Å². The Morgan fingerprint density at radius 3 is 2.58 bits per heavy atom. The molecule has 1 saturated carbocycles. The molecule has 0 unspecified atom stereocenters. The number of methoxy groups -OCH3 is 1. The zero-order chi connectivity index (χ0) is 27.3. The number of hydrogen-bond donors (Lipinski definition) is 1. The molecule has 3 aromatic carbocycles. The lowest BCUT2D eigenvalue weighted by Crippen LogP contribution is -2.17. The van der Waals surface area contributed by atoms with Gasteiger partial charge in [-0.2, -0.15) is 0 Å². The topological polar surface area (TPSA) is 55.8 Å². The molecule has 1 N–H and O–H groups in total. The lowest BCUT2D eigenvalue weighted by Gasteiger charge is -2.30. The van der Waals surface area contributed by atoms with Crippen LogP contribution in [0.3, 0.4) is 0 Å². The van der Waals surface area contributed by atoms with Crippen LogP contribution in [0, 0.1) is 11.2 Å². The molecule has 0 heterocycles. The van der Waals surface area contributed by atoms with Gasteiger partial charge in [-0.1, -0.05) is 63.9 Å². The minimum Gasteiger partial charge on any atom is -0.497 e. The van der Waals surface area contributed by atoms with Crippen molar-refractivity contribution in [2.24, 2.45) is 5.41 Å². The van der Waals surface area contributed by atoms with Crippen LogP contribution >= 0.6 is 0 Å². The van der Waals surface area contributed by atoms with E-state index in [-0.39, 0.29) is 23.6 Å². The highest BCUT2D eigenvalue weighted by atomic mass is 19.1. The summed E-state index contributed by atoms with van der Waals surface area (Å²) in [4.78, 5) is 11.4. The number of rotatable bonds is 11. The van der Waals surface area contributed by atoms with Crippen molar-refractivity contribution >= 4 is 5.97 Å². The second-order valence-electron chi connectivity index (χ2n) is 11.1. The predicted octanol–water partition coefficient (Wildman–Crippen LogP) is 8.73. The van der Waals surface area contributed by atoms with E-state index in [0.717, 1.165) is 60.1 Å². The van der Waals surface area contributed by atoms with Gasteiger partial charge in [0.05, 0.1) is 13.5 Å². The fourth-order valence-electron chi connectivity index (χ4n) is 5.95. The van der Waals surface area contributed by atoms with Crippen LogP contribution in [0.2, 0.25) is 0 Å². The molecule has 0 bridgehead atoms. The van der Waals surface area contributed by atoms with Gasteiger partial charge in [0.2, 0.25) is 0 Å². The smallest absolute Gasteiger partial charge is 0.303 e. The fourth-order valence-corrected chi connectivity index (χ4v) is 5.95. The summed E-state index contributed by atoms with van der Waals surface area (Å²) in [6.07, 6.45) is 5.21. The maximum absolute atomic E-state index is 15.0. The molecular formula is C33H39FO4. The Morgan fingerprint density at radius 1 is 1.08 bits per heavy atom. The first-order chi connectivity index (χ1) is 18.2. The standard InChI is InChI=1S/C33H39FO4/c1-5-8-23(19-32(35)36)24-9-6-10-26(18-24)38-21-22-12-14-27(29-20-25(37-4)13-15-31(29)34)28(17-22)30-11-7-16-33(30,2)3/h6,9-10,12-15,17-18,20,23,30H,5,7-8,11,16,19,21H2,1-4H3,(H,35,36)/t23-,30-/m1/s1. The molecule has 0 spiro atoms. The minimum absolute atomic E-state index is 0.0331. The number of carboxylic acids is 1. The SMILES string of the molecule is CCC[C@H](CC(=O)O)c1cccc(OCc2ccc(-c3cc(OC)ccc3F)c([C@H]3CCCC3(C)C)c2)c1. The van der Waals surface area contributed by atoms with E-state index in [1.807, 2.05) is 36.4 Å². The van der Waals surface area contributed by atoms with Gasteiger partial charge < -0.3 is 14.6 Å². The van der Waals surface area contributed by atoms with Gasteiger partial charge in [0.1, 0.15) is 23.9 Å². The quantitative estimate of drug-likeness (QED) is 0.276. The van der Waals surface area contributed by atoms with Crippen molar-refractivity contribution in [1.29, 1.82) is 0 Å². The van der Waals surface area contributed by atoms with Crippen molar-refractivity contribution in [2.45, 2.75) is 77.7 Å². The summed E-state index contributed by atoms with van der Waals surface area (Å²) >= 11 is 0. The summed E-state index contributed by atoms with van der Waals surface area (Å²) < 4.78 is 26.6. The molecule has 4 rings (SSSR count). The van der Waals surface area contributed by atoms with Gasteiger partial charge in [-0.15, -0.1) is 0 Å². The van der Waals surface area contributed by atoms with Gasteiger partial charge in [0.15, 0.2) is 0 Å². The van der Waals surface area contributed by atoms with Crippen LogP contribution in [-0.4, -0.2) is 18.2 Å². The Labute approximate surface area is 225 Å². The molecule has 0 amide bonds. The van der Waals surface area contributed by atoms with Crippen molar-refractivity contribution in [3.63, 3.8) is 0 Å². The number of hydrogen-bond acceptors (Lipinski definition) is 3. The van der Waals surface area contributed by atoms with Crippen LogP contribution in [0.15, 0.2) is 60.7 Å². The highest BCUT2D eigenvalue weighted by Gasteiger charge is 2.37. The van der Waals surface area contributed by atoms with Crippen LogP contribution in [0.25, 0.3) is 11.1 Å². The van der Waals surface area contributed by atoms with Crippen molar-refractivity contribution < 1.29 is 23.8 Å². The summed E-state index contributed by atoms with van der Waals surface area (Å²) in [5.41, 5.74) is 4.75. The third-order valence-electron chi connectivity index (χ3n) is 8.01. The molecule has 0 aliphatic heterocycles. The van der Waals surface area contributed by atoms with Crippen LogP contribution in [0.1, 0.15) is 87.8 Å². The largest absolute Gasteiger partial charge is 0.497 e. The molecule has 1 fully saturated rings. The average molecular weight is 519 g/mol. The number of carboxylic acid groups (broad SMARTS) is 1. The van der Waals surface area contributed by atoms with E-state index in [9.17, 15) is 9.90 Å². The van der Waals surface area contributed by atoms with E-state index < -0.39 is 5.97 Å². The van der Waals surface area contributed by atoms with E-state index in [0.29, 0.717) is 23.8 Å². The van der Waals surface area contributed by atoms with Gasteiger partial charge in [-0.05, 0) is 89.1 Å². The number of ether oxygens (including phenoxy) is 2. The third-order valence-corrected chi connectivity index (χ3v) is 8.01. The zero-order valence-corrected chi connectivity index (χ0v) is 22.9. The second kappa shape index (κ2) is 12.0. The molecule has 4 nitrogen and oxygen atoms in total. The van der Waals surface area contributed by atoms with Crippen LogP contribution in [0.4, 0.5) is 4.39 Å². The molecule has 3 aromatic rings. The van der Waals surface area contributed by atoms with Gasteiger partial charge >= 0.3 is 5.97 Å². The van der Waals surface area contributed by atoms with E-state index in [1.54, 1.807) is 19.2 Å². The van der Waals surface area contributed by atoms with E-state index in [2.05, 4.69) is 26.8 Å². The van der Waals surface area contributed by atoms with Crippen molar-refractivity contribution in [3.8, 4) is 22.6 Å².